The Hall–Kier alpha value is -0.520. The lowest BCUT2D eigenvalue weighted by Gasteiger charge is -2.16. The van der Waals surface area contributed by atoms with E-state index in [0.29, 0.717) is 18.0 Å². The Labute approximate surface area is 101 Å². The lowest BCUT2D eigenvalue weighted by Crippen LogP contribution is -2.17. The van der Waals surface area contributed by atoms with Gasteiger partial charge >= 0.3 is 0 Å². The molecule has 0 heterocycles. The Bertz CT molecular complexity index is 422. The van der Waals surface area contributed by atoms with Gasteiger partial charge in [0.15, 0.2) is 0 Å². The lowest BCUT2D eigenvalue weighted by atomic mass is 10.2. The van der Waals surface area contributed by atoms with Crippen molar-refractivity contribution < 1.29 is 8.42 Å². The normalized spacial score (nSPS) is 12.0. The average Bonchev–Trinajstić information content (AvgIpc) is 2.26. The van der Waals surface area contributed by atoms with E-state index >= 15 is 0 Å². The van der Waals surface area contributed by atoms with Crippen LogP contribution in [0.5, 0.6) is 0 Å². The van der Waals surface area contributed by atoms with Crippen molar-refractivity contribution in [2.75, 3.05) is 13.1 Å². The van der Waals surface area contributed by atoms with Gasteiger partial charge < -0.3 is 0 Å². The van der Waals surface area contributed by atoms with Gasteiger partial charge in [0.25, 0.3) is 0 Å². The van der Waals surface area contributed by atoms with E-state index in [1.807, 2.05) is 37.2 Å². The van der Waals surface area contributed by atoms with Crippen molar-refractivity contribution in [3.8, 4) is 0 Å². The first-order valence-electron chi connectivity index (χ1n) is 5.25. The van der Waals surface area contributed by atoms with E-state index in [-0.39, 0.29) is 0 Å². The smallest absolute Gasteiger partial charge is 0.237 e. The Kier molecular flexibility index (Phi) is 4.83. The summed E-state index contributed by atoms with van der Waals surface area (Å²) in [6.07, 6.45) is 0. The highest BCUT2D eigenvalue weighted by Crippen LogP contribution is 2.26. The van der Waals surface area contributed by atoms with Gasteiger partial charge in [-0.15, -0.1) is 0 Å². The first kappa shape index (κ1) is 13.5. The maximum Gasteiger partial charge on any atom is 0.244 e. The molecular weight excluding hydrogens is 242 g/mol. The third kappa shape index (κ3) is 3.50. The van der Waals surface area contributed by atoms with Crippen molar-refractivity contribution in [3.05, 3.63) is 29.8 Å². The zero-order valence-corrected chi connectivity index (χ0v) is 11.4. The summed E-state index contributed by atoms with van der Waals surface area (Å²) in [7, 11) is -2.35. The van der Waals surface area contributed by atoms with Crippen molar-refractivity contribution in [2.24, 2.45) is 0 Å². The number of benzene rings is 1. The van der Waals surface area contributed by atoms with E-state index in [9.17, 15) is 8.42 Å². The molecule has 90 valence electrons. The number of aryl methyl sites for hydroxylation is 1. The molecule has 0 amide bonds. The largest absolute Gasteiger partial charge is 0.244 e. The van der Waals surface area contributed by atoms with Crippen LogP contribution < -0.4 is 0 Å². The second kappa shape index (κ2) is 5.70. The fraction of sp³-hybridized carbons (Fsp3) is 0.455. The fourth-order valence-electron chi connectivity index (χ4n) is 1.22. The van der Waals surface area contributed by atoms with E-state index in [2.05, 4.69) is 0 Å². The van der Waals surface area contributed by atoms with Crippen LogP contribution in [-0.4, -0.2) is 25.8 Å². The quantitative estimate of drug-likeness (QED) is 0.602. The number of hydrogen-bond donors (Lipinski definition) is 0. The Morgan fingerprint density at radius 1 is 1.12 bits per heavy atom. The summed E-state index contributed by atoms with van der Waals surface area (Å²) in [6.45, 7) is 7.26. The minimum atomic E-state index is -3.26. The summed E-state index contributed by atoms with van der Waals surface area (Å²) in [5, 5.41) is 0. The first-order chi connectivity index (χ1) is 7.49. The molecule has 0 aliphatic carbocycles. The van der Waals surface area contributed by atoms with Gasteiger partial charge in [0.2, 0.25) is 8.87 Å². The predicted octanol–water partition coefficient (Wildman–Crippen LogP) is 2.67. The van der Waals surface area contributed by atoms with Gasteiger partial charge in [-0.1, -0.05) is 31.5 Å². The van der Waals surface area contributed by atoms with E-state index in [0.717, 1.165) is 16.5 Å². The van der Waals surface area contributed by atoms with E-state index in [1.54, 1.807) is 12.1 Å². The first-order valence-corrected chi connectivity index (χ1v) is 8.03. The van der Waals surface area contributed by atoms with Crippen molar-refractivity contribution in [1.82, 2.24) is 4.31 Å². The molecule has 0 aromatic heterocycles. The molecule has 1 aromatic carbocycles. The van der Waals surface area contributed by atoms with Crippen molar-refractivity contribution in [2.45, 2.75) is 25.7 Å². The standard InChI is InChI=1S/C11H17NO2S2/c1-4-12(5-2)15-16(13,14)11-8-6-10(3)7-9-11/h6-9H,4-5H2,1-3H3. The number of rotatable bonds is 5. The summed E-state index contributed by atoms with van der Waals surface area (Å²) in [6, 6.07) is 6.94. The predicted molar refractivity (Wildman–Crippen MR) is 68.9 cm³/mol. The molecule has 0 atom stereocenters. The van der Waals surface area contributed by atoms with Crippen molar-refractivity contribution >= 4 is 19.8 Å². The molecule has 0 radical (unpaired) electrons. The van der Waals surface area contributed by atoms with Gasteiger partial charge in [0, 0.05) is 13.1 Å². The Morgan fingerprint density at radius 3 is 2.06 bits per heavy atom. The highest BCUT2D eigenvalue weighted by atomic mass is 33.1. The summed E-state index contributed by atoms with van der Waals surface area (Å²) < 4.78 is 25.8. The summed E-state index contributed by atoms with van der Waals surface area (Å²) in [5.74, 6) is 0. The Balaban J connectivity index is 2.89. The number of hydrogen-bond acceptors (Lipinski definition) is 4. The molecule has 0 aliphatic heterocycles. The van der Waals surface area contributed by atoms with Crippen LogP contribution in [0, 0.1) is 6.92 Å². The summed E-state index contributed by atoms with van der Waals surface area (Å²) in [5.41, 5.74) is 1.06. The van der Waals surface area contributed by atoms with Crippen LogP contribution in [0.25, 0.3) is 0 Å². The molecule has 0 aliphatic rings. The van der Waals surface area contributed by atoms with Crippen molar-refractivity contribution in [1.29, 1.82) is 0 Å². The molecule has 1 aromatic rings. The summed E-state index contributed by atoms with van der Waals surface area (Å²) in [4.78, 5) is 0.370. The third-order valence-corrected chi connectivity index (χ3v) is 5.79. The maximum atomic E-state index is 12.0. The molecule has 5 heteroatoms. The SMILES string of the molecule is CCN(CC)SS(=O)(=O)c1ccc(C)cc1. The van der Waals surface area contributed by atoms with Gasteiger partial charge in [-0.25, -0.2) is 12.7 Å². The Morgan fingerprint density at radius 2 is 1.62 bits per heavy atom. The fourth-order valence-corrected chi connectivity index (χ4v) is 4.32. The van der Waals surface area contributed by atoms with Crippen LogP contribution in [0.15, 0.2) is 29.2 Å². The van der Waals surface area contributed by atoms with Crippen molar-refractivity contribution in [3.63, 3.8) is 0 Å². The second-order valence-corrected chi connectivity index (χ2v) is 7.26. The molecular formula is C11H17NO2S2. The van der Waals surface area contributed by atoms with Gasteiger partial charge in [-0.05, 0) is 19.1 Å². The van der Waals surface area contributed by atoms with Crippen LogP contribution in [0.3, 0.4) is 0 Å². The second-order valence-electron chi connectivity index (χ2n) is 3.46. The maximum absolute atomic E-state index is 12.0. The molecule has 16 heavy (non-hydrogen) atoms. The monoisotopic (exact) mass is 259 g/mol. The molecule has 0 saturated heterocycles. The van der Waals surface area contributed by atoms with Gasteiger partial charge in [-0.2, -0.15) is 0 Å². The van der Waals surface area contributed by atoms with Crippen LogP contribution in [0.2, 0.25) is 0 Å². The van der Waals surface area contributed by atoms with Crippen LogP contribution in [-0.2, 0) is 8.87 Å². The average molecular weight is 259 g/mol. The zero-order valence-electron chi connectivity index (χ0n) is 9.80. The highest BCUT2D eigenvalue weighted by Gasteiger charge is 2.18. The highest BCUT2D eigenvalue weighted by molar-refractivity contribution is 8.71. The molecule has 0 saturated carbocycles. The molecule has 0 bridgehead atoms. The van der Waals surface area contributed by atoms with Crippen LogP contribution in [0.1, 0.15) is 19.4 Å². The topological polar surface area (TPSA) is 37.4 Å². The molecule has 0 fully saturated rings. The summed E-state index contributed by atoms with van der Waals surface area (Å²) >= 11 is 0. The lowest BCUT2D eigenvalue weighted by molar-refractivity contribution is 0.527. The molecule has 3 nitrogen and oxygen atoms in total. The zero-order chi connectivity index (χ0) is 12.2. The van der Waals surface area contributed by atoms with Gasteiger partial charge in [-0.3, -0.25) is 0 Å². The molecule has 0 unspecified atom stereocenters. The van der Waals surface area contributed by atoms with Crippen LogP contribution in [0.4, 0.5) is 0 Å². The van der Waals surface area contributed by atoms with E-state index < -0.39 is 8.87 Å². The minimum Gasteiger partial charge on any atom is -0.237 e. The van der Waals surface area contributed by atoms with Gasteiger partial charge in [0.05, 0.1) is 15.9 Å². The molecule has 0 N–H and O–H groups in total. The van der Waals surface area contributed by atoms with Crippen LogP contribution >= 0.6 is 11.0 Å². The minimum absolute atomic E-state index is 0.370. The number of nitrogens with zero attached hydrogens (tertiary/aromatic N) is 1. The van der Waals surface area contributed by atoms with E-state index in [1.165, 1.54) is 0 Å². The molecule has 0 spiro atoms. The molecule has 1 rings (SSSR count). The van der Waals surface area contributed by atoms with E-state index in [4.69, 9.17) is 0 Å². The third-order valence-electron chi connectivity index (χ3n) is 2.22. The van der Waals surface area contributed by atoms with Gasteiger partial charge in [0.1, 0.15) is 0 Å².